The van der Waals surface area contributed by atoms with Gasteiger partial charge in [0.1, 0.15) is 5.75 Å². The fourth-order valence-corrected chi connectivity index (χ4v) is 3.13. The van der Waals surface area contributed by atoms with E-state index in [0.29, 0.717) is 12.1 Å². The van der Waals surface area contributed by atoms with Gasteiger partial charge in [-0.2, -0.15) is 0 Å². The second kappa shape index (κ2) is 7.93. The summed E-state index contributed by atoms with van der Waals surface area (Å²) in [7, 11) is 1.67. The number of nitrogens with zero attached hydrogens (tertiary/aromatic N) is 2. The fraction of sp³-hybridized carbons (Fsp3) is 0.368. The SMILES string of the molecule is COc1ccc([C@H](CNC(=O)c2ccncc2)N2CCCC2)cc1. The van der Waals surface area contributed by atoms with E-state index in [1.165, 1.54) is 18.4 Å². The van der Waals surface area contributed by atoms with Crippen LogP contribution in [0, 0.1) is 0 Å². The van der Waals surface area contributed by atoms with Crippen LogP contribution in [-0.2, 0) is 0 Å². The average Bonchev–Trinajstić information content (AvgIpc) is 3.17. The summed E-state index contributed by atoms with van der Waals surface area (Å²) in [6.07, 6.45) is 5.70. The van der Waals surface area contributed by atoms with Crippen LogP contribution in [0.25, 0.3) is 0 Å². The van der Waals surface area contributed by atoms with Crippen molar-refractivity contribution in [3.05, 3.63) is 59.9 Å². The van der Waals surface area contributed by atoms with Crippen LogP contribution in [0.15, 0.2) is 48.8 Å². The number of methoxy groups -OCH3 is 1. The molecule has 0 spiro atoms. The van der Waals surface area contributed by atoms with E-state index >= 15 is 0 Å². The fourth-order valence-electron chi connectivity index (χ4n) is 3.13. The van der Waals surface area contributed by atoms with E-state index in [9.17, 15) is 4.79 Å². The van der Waals surface area contributed by atoms with Crippen molar-refractivity contribution in [3.8, 4) is 5.75 Å². The number of carbonyl (C=O) groups is 1. The molecule has 24 heavy (non-hydrogen) atoms. The van der Waals surface area contributed by atoms with E-state index in [1.54, 1.807) is 31.6 Å². The number of carbonyl (C=O) groups excluding carboxylic acids is 1. The molecule has 126 valence electrons. The molecule has 0 bridgehead atoms. The van der Waals surface area contributed by atoms with Gasteiger partial charge in [0.25, 0.3) is 5.91 Å². The van der Waals surface area contributed by atoms with Crippen molar-refractivity contribution in [2.24, 2.45) is 0 Å². The molecule has 0 saturated carbocycles. The first-order valence-electron chi connectivity index (χ1n) is 8.34. The second-order valence-corrected chi connectivity index (χ2v) is 5.98. The summed E-state index contributed by atoms with van der Waals surface area (Å²) < 4.78 is 5.24. The Kier molecular flexibility index (Phi) is 5.43. The first kappa shape index (κ1) is 16.5. The van der Waals surface area contributed by atoms with Gasteiger partial charge < -0.3 is 10.1 Å². The maximum absolute atomic E-state index is 12.3. The van der Waals surface area contributed by atoms with E-state index in [0.717, 1.165) is 18.8 Å². The molecule has 1 aromatic carbocycles. The molecule has 1 saturated heterocycles. The molecule has 1 N–H and O–H groups in total. The molecular weight excluding hydrogens is 302 g/mol. The number of pyridine rings is 1. The van der Waals surface area contributed by atoms with Gasteiger partial charge in [0.05, 0.1) is 13.2 Å². The third-order valence-corrected chi connectivity index (χ3v) is 4.48. The minimum atomic E-state index is -0.0601. The van der Waals surface area contributed by atoms with Crippen molar-refractivity contribution in [3.63, 3.8) is 0 Å². The van der Waals surface area contributed by atoms with E-state index in [1.807, 2.05) is 12.1 Å². The highest BCUT2D eigenvalue weighted by molar-refractivity contribution is 5.93. The lowest BCUT2D eigenvalue weighted by atomic mass is 10.0. The maximum Gasteiger partial charge on any atom is 0.251 e. The Morgan fingerprint density at radius 3 is 2.46 bits per heavy atom. The number of nitrogens with one attached hydrogen (secondary N) is 1. The third kappa shape index (κ3) is 3.92. The predicted octanol–water partition coefficient (Wildman–Crippen LogP) is 2.66. The zero-order valence-corrected chi connectivity index (χ0v) is 13.9. The van der Waals surface area contributed by atoms with Crippen molar-refractivity contribution in [1.29, 1.82) is 0 Å². The number of amides is 1. The van der Waals surface area contributed by atoms with Crippen molar-refractivity contribution in [1.82, 2.24) is 15.2 Å². The van der Waals surface area contributed by atoms with Gasteiger partial charge in [-0.3, -0.25) is 14.7 Å². The van der Waals surface area contributed by atoms with Crippen LogP contribution in [0.4, 0.5) is 0 Å². The minimum absolute atomic E-state index is 0.0601. The van der Waals surface area contributed by atoms with Crippen LogP contribution in [-0.4, -0.2) is 42.5 Å². The third-order valence-electron chi connectivity index (χ3n) is 4.48. The normalized spacial score (nSPS) is 15.9. The largest absolute Gasteiger partial charge is 0.497 e. The number of benzene rings is 1. The van der Waals surface area contributed by atoms with E-state index < -0.39 is 0 Å². The molecular formula is C19H23N3O2. The molecule has 5 nitrogen and oxygen atoms in total. The second-order valence-electron chi connectivity index (χ2n) is 5.98. The van der Waals surface area contributed by atoms with Gasteiger partial charge in [0, 0.05) is 24.5 Å². The van der Waals surface area contributed by atoms with Crippen molar-refractivity contribution >= 4 is 5.91 Å². The molecule has 5 heteroatoms. The monoisotopic (exact) mass is 325 g/mol. The van der Waals surface area contributed by atoms with Crippen LogP contribution < -0.4 is 10.1 Å². The lowest BCUT2D eigenvalue weighted by Gasteiger charge is -2.28. The van der Waals surface area contributed by atoms with Gasteiger partial charge in [0.2, 0.25) is 0 Å². The molecule has 0 aliphatic carbocycles. The van der Waals surface area contributed by atoms with Crippen molar-refractivity contribution in [2.75, 3.05) is 26.7 Å². The highest BCUT2D eigenvalue weighted by Crippen LogP contribution is 2.26. The molecule has 1 fully saturated rings. The molecule has 1 aromatic heterocycles. The first-order chi connectivity index (χ1) is 11.8. The van der Waals surface area contributed by atoms with Gasteiger partial charge in [0.15, 0.2) is 0 Å². The van der Waals surface area contributed by atoms with Gasteiger partial charge in [-0.25, -0.2) is 0 Å². The summed E-state index contributed by atoms with van der Waals surface area (Å²) in [5.74, 6) is 0.787. The summed E-state index contributed by atoms with van der Waals surface area (Å²) in [6, 6.07) is 11.8. The Hall–Kier alpha value is -2.40. The number of likely N-dealkylation sites (tertiary alicyclic amines) is 1. The Labute approximate surface area is 142 Å². The molecule has 1 aliphatic rings. The lowest BCUT2D eigenvalue weighted by Crippen LogP contribution is -2.36. The molecule has 1 amide bonds. The Morgan fingerprint density at radius 2 is 1.83 bits per heavy atom. The van der Waals surface area contributed by atoms with Gasteiger partial charge in [-0.05, 0) is 55.8 Å². The summed E-state index contributed by atoms with van der Waals surface area (Å²) in [5.41, 5.74) is 1.84. The molecule has 0 radical (unpaired) electrons. The molecule has 2 aromatic rings. The Morgan fingerprint density at radius 1 is 1.17 bits per heavy atom. The first-order valence-corrected chi connectivity index (χ1v) is 8.34. The van der Waals surface area contributed by atoms with Gasteiger partial charge >= 0.3 is 0 Å². The van der Waals surface area contributed by atoms with Crippen molar-refractivity contribution in [2.45, 2.75) is 18.9 Å². The van der Waals surface area contributed by atoms with Crippen molar-refractivity contribution < 1.29 is 9.53 Å². The molecule has 1 atom stereocenters. The highest BCUT2D eigenvalue weighted by atomic mass is 16.5. The van der Waals surface area contributed by atoms with Crippen LogP contribution >= 0.6 is 0 Å². The van der Waals surface area contributed by atoms with E-state index in [-0.39, 0.29) is 11.9 Å². The van der Waals surface area contributed by atoms with Gasteiger partial charge in [-0.15, -0.1) is 0 Å². The average molecular weight is 325 g/mol. The number of rotatable bonds is 6. The van der Waals surface area contributed by atoms with Crippen LogP contribution in [0.1, 0.15) is 34.8 Å². The maximum atomic E-state index is 12.3. The Bertz CT molecular complexity index is 652. The molecule has 2 heterocycles. The molecule has 0 unspecified atom stereocenters. The number of ether oxygens (including phenoxy) is 1. The number of hydrogen-bond acceptors (Lipinski definition) is 4. The van der Waals surface area contributed by atoms with Gasteiger partial charge in [-0.1, -0.05) is 12.1 Å². The number of hydrogen-bond donors (Lipinski definition) is 1. The Balaban J connectivity index is 1.71. The zero-order valence-electron chi connectivity index (χ0n) is 13.9. The van der Waals surface area contributed by atoms with Crippen LogP contribution in [0.2, 0.25) is 0 Å². The smallest absolute Gasteiger partial charge is 0.251 e. The summed E-state index contributed by atoms with van der Waals surface area (Å²) in [5, 5.41) is 3.06. The predicted molar refractivity (Wildman–Crippen MR) is 93.1 cm³/mol. The lowest BCUT2D eigenvalue weighted by molar-refractivity contribution is 0.0938. The summed E-state index contributed by atoms with van der Waals surface area (Å²) >= 11 is 0. The number of aromatic nitrogens is 1. The molecule has 1 aliphatic heterocycles. The summed E-state index contributed by atoms with van der Waals surface area (Å²) in [4.78, 5) is 18.7. The highest BCUT2D eigenvalue weighted by Gasteiger charge is 2.24. The van der Waals surface area contributed by atoms with Crippen LogP contribution in [0.3, 0.4) is 0 Å². The standard InChI is InChI=1S/C19H23N3O2/c1-24-17-6-4-15(5-7-17)18(22-12-2-3-13-22)14-21-19(23)16-8-10-20-11-9-16/h4-11,18H,2-3,12-14H2,1H3,(H,21,23)/t18-/m0/s1. The quantitative estimate of drug-likeness (QED) is 0.887. The summed E-state index contributed by atoms with van der Waals surface area (Å²) in [6.45, 7) is 2.73. The van der Waals surface area contributed by atoms with E-state index in [4.69, 9.17) is 4.74 Å². The molecule has 3 rings (SSSR count). The van der Waals surface area contributed by atoms with E-state index in [2.05, 4.69) is 27.3 Å². The zero-order chi connectivity index (χ0) is 16.8. The van der Waals surface area contributed by atoms with Crippen LogP contribution in [0.5, 0.6) is 5.75 Å². The minimum Gasteiger partial charge on any atom is -0.497 e. The topological polar surface area (TPSA) is 54.5 Å².